The van der Waals surface area contributed by atoms with Gasteiger partial charge in [-0.3, -0.25) is 0 Å². The van der Waals surface area contributed by atoms with Crippen LogP contribution in [0, 0.1) is 0 Å². The zero-order chi connectivity index (χ0) is 14.7. The molecule has 0 atom stereocenters. The van der Waals surface area contributed by atoms with Crippen LogP contribution in [-0.4, -0.2) is 43.2 Å². The highest BCUT2D eigenvalue weighted by atomic mass is 35.5. The van der Waals surface area contributed by atoms with Gasteiger partial charge >= 0.3 is 6.03 Å². The second kappa shape index (κ2) is 6.55. The molecule has 0 bridgehead atoms. The van der Waals surface area contributed by atoms with E-state index in [1.807, 2.05) is 30.9 Å². The number of hydrogen-bond acceptors (Lipinski definition) is 2. The number of amides is 2. The van der Waals surface area contributed by atoms with Crippen LogP contribution in [0.15, 0.2) is 18.2 Å². The van der Waals surface area contributed by atoms with Crippen molar-refractivity contribution in [3.63, 3.8) is 0 Å². The van der Waals surface area contributed by atoms with Crippen LogP contribution in [0.1, 0.15) is 13.8 Å². The van der Waals surface area contributed by atoms with Crippen molar-refractivity contribution in [3.8, 4) is 0 Å². The van der Waals surface area contributed by atoms with Gasteiger partial charge in [0.25, 0.3) is 0 Å². The van der Waals surface area contributed by atoms with Crippen LogP contribution in [0.3, 0.4) is 0 Å². The van der Waals surface area contributed by atoms with E-state index >= 15 is 0 Å². The molecule has 4 nitrogen and oxygen atoms in total. The van der Waals surface area contributed by atoms with Gasteiger partial charge in [-0.1, -0.05) is 23.2 Å². The standard InChI is InChI=1S/C14H19Cl2N3O/c1-10(2)17-14(20)19-7-5-18(6-8-19)13-4-3-11(15)9-12(13)16/h3-4,9-10H,5-8H2,1-2H3,(H,17,20). The molecule has 0 aromatic heterocycles. The number of nitrogens with one attached hydrogen (secondary N) is 1. The lowest BCUT2D eigenvalue weighted by molar-refractivity contribution is 0.192. The molecule has 1 heterocycles. The summed E-state index contributed by atoms with van der Waals surface area (Å²) in [5, 5.41) is 4.19. The Morgan fingerprint density at radius 3 is 2.40 bits per heavy atom. The molecule has 1 aliphatic rings. The Morgan fingerprint density at radius 1 is 1.20 bits per heavy atom. The van der Waals surface area contributed by atoms with Gasteiger partial charge in [0.05, 0.1) is 10.7 Å². The minimum Gasteiger partial charge on any atom is -0.367 e. The number of carbonyl (C=O) groups is 1. The predicted octanol–water partition coefficient (Wildman–Crippen LogP) is 3.23. The number of rotatable bonds is 2. The molecule has 1 saturated heterocycles. The highest BCUT2D eigenvalue weighted by molar-refractivity contribution is 6.36. The van der Waals surface area contributed by atoms with Gasteiger partial charge in [-0.25, -0.2) is 4.79 Å². The maximum atomic E-state index is 11.9. The lowest BCUT2D eigenvalue weighted by atomic mass is 10.2. The fourth-order valence-corrected chi connectivity index (χ4v) is 2.75. The van der Waals surface area contributed by atoms with Crippen LogP contribution < -0.4 is 10.2 Å². The third kappa shape index (κ3) is 3.70. The van der Waals surface area contributed by atoms with Crippen molar-refractivity contribution in [1.82, 2.24) is 10.2 Å². The van der Waals surface area contributed by atoms with E-state index in [-0.39, 0.29) is 12.1 Å². The first kappa shape index (κ1) is 15.3. The second-order valence-electron chi connectivity index (χ2n) is 5.17. The quantitative estimate of drug-likeness (QED) is 0.909. The summed E-state index contributed by atoms with van der Waals surface area (Å²) in [4.78, 5) is 15.9. The number of hydrogen-bond donors (Lipinski definition) is 1. The lowest BCUT2D eigenvalue weighted by Crippen LogP contribution is -2.53. The van der Waals surface area contributed by atoms with Crippen molar-refractivity contribution in [2.75, 3.05) is 31.1 Å². The number of urea groups is 1. The fraction of sp³-hybridized carbons (Fsp3) is 0.500. The Labute approximate surface area is 129 Å². The van der Waals surface area contributed by atoms with Crippen molar-refractivity contribution >= 4 is 34.9 Å². The molecular weight excluding hydrogens is 297 g/mol. The Kier molecular flexibility index (Phi) is 5.00. The maximum Gasteiger partial charge on any atom is 0.317 e. The number of piperazine rings is 1. The van der Waals surface area contributed by atoms with Gasteiger partial charge < -0.3 is 15.1 Å². The summed E-state index contributed by atoms with van der Waals surface area (Å²) >= 11 is 12.1. The van der Waals surface area contributed by atoms with Crippen LogP contribution in [-0.2, 0) is 0 Å². The van der Waals surface area contributed by atoms with Crippen molar-refractivity contribution in [2.24, 2.45) is 0 Å². The minimum absolute atomic E-state index is 0.00172. The van der Waals surface area contributed by atoms with Crippen molar-refractivity contribution in [2.45, 2.75) is 19.9 Å². The van der Waals surface area contributed by atoms with Crippen LogP contribution in [0.2, 0.25) is 10.0 Å². The van der Waals surface area contributed by atoms with E-state index in [0.717, 1.165) is 18.8 Å². The third-order valence-corrected chi connectivity index (χ3v) is 3.77. The van der Waals surface area contributed by atoms with E-state index in [0.29, 0.717) is 23.1 Å². The van der Waals surface area contributed by atoms with Crippen molar-refractivity contribution in [1.29, 1.82) is 0 Å². The molecule has 0 saturated carbocycles. The highest BCUT2D eigenvalue weighted by Gasteiger charge is 2.22. The van der Waals surface area contributed by atoms with Crippen LogP contribution in [0.4, 0.5) is 10.5 Å². The molecule has 110 valence electrons. The van der Waals surface area contributed by atoms with E-state index in [4.69, 9.17) is 23.2 Å². The summed E-state index contributed by atoms with van der Waals surface area (Å²) in [7, 11) is 0. The largest absolute Gasteiger partial charge is 0.367 e. The number of carbonyl (C=O) groups excluding carboxylic acids is 1. The summed E-state index contributed by atoms with van der Waals surface area (Å²) < 4.78 is 0. The van der Waals surface area contributed by atoms with E-state index in [9.17, 15) is 4.79 Å². The maximum absolute atomic E-state index is 11.9. The zero-order valence-electron chi connectivity index (χ0n) is 11.7. The highest BCUT2D eigenvalue weighted by Crippen LogP contribution is 2.29. The first-order valence-electron chi connectivity index (χ1n) is 6.73. The molecule has 0 unspecified atom stereocenters. The van der Waals surface area contributed by atoms with Crippen LogP contribution in [0.25, 0.3) is 0 Å². The number of halogens is 2. The van der Waals surface area contributed by atoms with Gasteiger partial charge in [-0.15, -0.1) is 0 Å². The lowest BCUT2D eigenvalue weighted by Gasteiger charge is -2.36. The molecule has 1 aromatic rings. The molecule has 20 heavy (non-hydrogen) atoms. The summed E-state index contributed by atoms with van der Waals surface area (Å²) in [6.07, 6.45) is 0. The summed E-state index contributed by atoms with van der Waals surface area (Å²) in [5.41, 5.74) is 0.972. The van der Waals surface area contributed by atoms with Crippen molar-refractivity contribution in [3.05, 3.63) is 28.2 Å². The predicted molar refractivity (Wildman–Crippen MR) is 83.9 cm³/mol. The third-order valence-electron chi connectivity index (χ3n) is 3.23. The topological polar surface area (TPSA) is 35.6 Å². The molecule has 2 rings (SSSR count). The second-order valence-corrected chi connectivity index (χ2v) is 6.02. The number of nitrogens with zero attached hydrogens (tertiary/aromatic N) is 2. The van der Waals surface area contributed by atoms with E-state index in [1.54, 1.807) is 6.07 Å². The summed E-state index contributed by atoms with van der Waals surface area (Å²) in [6.45, 7) is 6.85. The Hall–Kier alpha value is -1.13. The molecular formula is C14H19Cl2N3O. The summed E-state index contributed by atoms with van der Waals surface area (Å²) in [6, 6.07) is 5.67. The van der Waals surface area contributed by atoms with Crippen molar-refractivity contribution < 1.29 is 4.79 Å². The zero-order valence-corrected chi connectivity index (χ0v) is 13.2. The van der Waals surface area contributed by atoms with Gasteiger partial charge in [0.15, 0.2) is 0 Å². The SMILES string of the molecule is CC(C)NC(=O)N1CCN(c2ccc(Cl)cc2Cl)CC1. The Bertz CT molecular complexity index is 485. The minimum atomic E-state index is 0.00172. The average molecular weight is 316 g/mol. The number of benzene rings is 1. The van der Waals surface area contributed by atoms with Gasteiger partial charge in [0.1, 0.15) is 0 Å². The molecule has 1 fully saturated rings. The average Bonchev–Trinajstić information content (AvgIpc) is 2.38. The molecule has 1 N–H and O–H groups in total. The van der Waals surface area contributed by atoms with Gasteiger partial charge in [0, 0.05) is 37.2 Å². The van der Waals surface area contributed by atoms with Crippen LogP contribution >= 0.6 is 23.2 Å². The van der Waals surface area contributed by atoms with E-state index < -0.39 is 0 Å². The van der Waals surface area contributed by atoms with Gasteiger partial charge in [0.2, 0.25) is 0 Å². The molecule has 0 radical (unpaired) electrons. The number of anilines is 1. The monoisotopic (exact) mass is 315 g/mol. The molecule has 0 aliphatic carbocycles. The summed E-state index contributed by atoms with van der Waals surface area (Å²) in [5.74, 6) is 0. The van der Waals surface area contributed by atoms with Crippen LogP contribution in [0.5, 0.6) is 0 Å². The Balaban J connectivity index is 1.95. The smallest absolute Gasteiger partial charge is 0.317 e. The van der Waals surface area contributed by atoms with Gasteiger partial charge in [-0.2, -0.15) is 0 Å². The molecule has 0 spiro atoms. The fourth-order valence-electron chi connectivity index (χ4n) is 2.23. The molecule has 1 aliphatic heterocycles. The van der Waals surface area contributed by atoms with Gasteiger partial charge in [-0.05, 0) is 32.0 Å². The molecule has 2 amide bonds. The normalized spacial score (nSPS) is 15.7. The van der Waals surface area contributed by atoms with E-state index in [1.165, 1.54) is 0 Å². The Morgan fingerprint density at radius 2 is 1.85 bits per heavy atom. The molecule has 1 aromatic carbocycles. The van der Waals surface area contributed by atoms with E-state index in [2.05, 4.69) is 10.2 Å². The first-order valence-corrected chi connectivity index (χ1v) is 7.48. The first-order chi connectivity index (χ1) is 9.47. The molecule has 6 heteroatoms.